The van der Waals surface area contributed by atoms with Crippen LogP contribution in [0.25, 0.3) is 0 Å². The lowest BCUT2D eigenvalue weighted by Crippen LogP contribution is -2.37. The van der Waals surface area contributed by atoms with Gasteiger partial charge in [-0.25, -0.2) is 0 Å². The minimum atomic E-state index is -0.276. The van der Waals surface area contributed by atoms with Crippen molar-refractivity contribution in [1.29, 1.82) is 5.26 Å². The van der Waals surface area contributed by atoms with E-state index in [1.165, 1.54) is 0 Å². The molecule has 0 aromatic carbocycles. The van der Waals surface area contributed by atoms with Gasteiger partial charge in [-0.3, -0.25) is 0 Å². The second-order valence-electron chi connectivity index (χ2n) is 3.62. The van der Waals surface area contributed by atoms with Crippen LogP contribution in [0.4, 0.5) is 0 Å². The van der Waals surface area contributed by atoms with E-state index in [0.29, 0.717) is 6.42 Å². The Hall–Kier alpha value is -0.590. The molecule has 13 heavy (non-hydrogen) atoms. The molecule has 76 valence electrons. The van der Waals surface area contributed by atoms with E-state index in [1.54, 1.807) is 6.92 Å². The molecule has 2 N–H and O–H groups in total. The first-order valence-electron chi connectivity index (χ1n) is 4.91. The summed E-state index contributed by atoms with van der Waals surface area (Å²) in [4.78, 5) is 0. The van der Waals surface area contributed by atoms with E-state index in [2.05, 4.69) is 18.3 Å². The molecule has 3 atom stereocenters. The largest absolute Gasteiger partial charge is 0.393 e. The summed E-state index contributed by atoms with van der Waals surface area (Å²) in [5.74, 6) is 0. The zero-order chi connectivity index (χ0) is 10.3. The summed E-state index contributed by atoms with van der Waals surface area (Å²) >= 11 is 0. The third-order valence-electron chi connectivity index (χ3n) is 2.05. The molecule has 0 aromatic rings. The number of nitrogens with one attached hydrogen (secondary N) is 1. The topological polar surface area (TPSA) is 56.0 Å². The molecule has 0 fully saturated rings. The molecule has 0 aliphatic carbocycles. The molecule has 3 unspecified atom stereocenters. The highest BCUT2D eigenvalue weighted by Crippen LogP contribution is 2.02. The van der Waals surface area contributed by atoms with Crippen LogP contribution in [0.3, 0.4) is 0 Å². The molecule has 0 saturated carbocycles. The van der Waals surface area contributed by atoms with Crippen LogP contribution in [-0.2, 0) is 0 Å². The van der Waals surface area contributed by atoms with Crippen molar-refractivity contribution < 1.29 is 5.11 Å². The van der Waals surface area contributed by atoms with Crippen LogP contribution in [0.2, 0.25) is 0 Å². The fourth-order valence-corrected chi connectivity index (χ4v) is 1.41. The summed E-state index contributed by atoms with van der Waals surface area (Å²) in [6.07, 6.45) is 1.96. The highest BCUT2D eigenvalue weighted by atomic mass is 16.3. The summed E-state index contributed by atoms with van der Waals surface area (Å²) in [6, 6.07) is 2.69. The standard InChI is InChI=1S/C10H20N2O/c1-4-10(5-6-11)12-8(2)7-9(3)13/h8-10,12-13H,4-5,7H2,1-3H3. The van der Waals surface area contributed by atoms with Gasteiger partial charge in [-0.05, 0) is 26.7 Å². The van der Waals surface area contributed by atoms with Crippen molar-refractivity contribution >= 4 is 0 Å². The van der Waals surface area contributed by atoms with Crippen molar-refractivity contribution in [2.75, 3.05) is 0 Å². The minimum Gasteiger partial charge on any atom is -0.393 e. The quantitative estimate of drug-likeness (QED) is 0.656. The van der Waals surface area contributed by atoms with Crippen LogP contribution in [0.15, 0.2) is 0 Å². The predicted octanol–water partition coefficient (Wildman–Crippen LogP) is 1.43. The molecule has 0 heterocycles. The first kappa shape index (κ1) is 12.4. The van der Waals surface area contributed by atoms with E-state index in [-0.39, 0.29) is 18.2 Å². The molecule has 0 radical (unpaired) electrons. The third kappa shape index (κ3) is 6.56. The maximum absolute atomic E-state index is 9.13. The van der Waals surface area contributed by atoms with Gasteiger partial charge in [-0.15, -0.1) is 0 Å². The van der Waals surface area contributed by atoms with Gasteiger partial charge in [0.05, 0.1) is 18.6 Å². The molecule has 0 aliphatic rings. The van der Waals surface area contributed by atoms with Crippen molar-refractivity contribution in [3.63, 3.8) is 0 Å². The maximum Gasteiger partial charge on any atom is 0.0638 e. The normalized spacial score (nSPS) is 17.5. The number of aliphatic hydroxyl groups is 1. The maximum atomic E-state index is 9.13. The van der Waals surface area contributed by atoms with Crippen LogP contribution in [0, 0.1) is 11.3 Å². The van der Waals surface area contributed by atoms with Gasteiger partial charge in [0, 0.05) is 12.1 Å². The lowest BCUT2D eigenvalue weighted by atomic mass is 10.1. The first-order valence-corrected chi connectivity index (χ1v) is 4.91. The fourth-order valence-electron chi connectivity index (χ4n) is 1.41. The summed E-state index contributed by atoms with van der Waals surface area (Å²) in [7, 11) is 0. The van der Waals surface area contributed by atoms with E-state index in [9.17, 15) is 0 Å². The summed E-state index contributed by atoms with van der Waals surface area (Å²) in [5.41, 5.74) is 0. The second kappa shape index (κ2) is 6.88. The van der Waals surface area contributed by atoms with E-state index >= 15 is 0 Å². The van der Waals surface area contributed by atoms with Crippen LogP contribution >= 0.6 is 0 Å². The minimum absolute atomic E-state index is 0.263. The van der Waals surface area contributed by atoms with Gasteiger partial charge < -0.3 is 10.4 Å². The highest BCUT2D eigenvalue weighted by Gasteiger charge is 2.11. The Morgan fingerprint density at radius 1 is 1.46 bits per heavy atom. The smallest absolute Gasteiger partial charge is 0.0638 e. The SMILES string of the molecule is CCC(CC#N)NC(C)CC(C)O. The van der Waals surface area contributed by atoms with Crippen molar-refractivity contribution in [3.05, 3.63) is 0 Å². The summed E-state index contributed by atoms with van der Waals surface area (Å²) in [6.45, 7) is 5.88. The van der Waals surface area contributed by atoms with Gasteiger partial charge in [0.1, 0.15) is 0 Å². The number of hydrogen-bond donors (Lipinski definition) is 2. The molecule has 0 saturated heterocycles. The number of hydrogen-bond acceptors (Lipinski definition) is 3. The van der Waals surface area contributed by atoms with Gasteiger partial charge in [0.15, 0.2) is 0 Å². The van der Waals surface area contributed by atoms with E-state index in [4.69, 9.17) is 10.4 Å². The van der Waals surface area contributed by atoms with Gasteiger partial charge in [-0.1, -0.05) is 6.92 Å². The first-order chi connectivity index (χ1) is 6.10. The molecule has 3 heteroatoms. The Kier molecular flexibility index (Phi) is 6.56. The molecule has 3 nitrogen and oxygen atoms in total. The van der Waals surface area contributed by atoms with Crippen LogP contribution in [0.5, 0.6) is 0 Å². The fraction of sp³-hybridized carbons (Fsp3) is 0.900. The lowest BCUT2D eigenvalue weighted by Gasteiger charge is -2.21. The number of aliphatic hydroxyl groups excluding tert-OH is 1. The van der Waals surface area contributed by atoms with E-state index in [1.807, 2.05) is 6.92 Å². The van der Waals surface area contributed by atoms with Crippen LogP contribution in [-0.4, -0.2) is 23.3 Å². The van der Waals surface area contributed by atoms with Crippen molar-refractivity contribution in [2.45, 2.75) is 58.2 Å². The molecule has 0 aromatic heterocycles. The molecule has 0 rings (SSSR count). The Bertz CT molecular complexity index is 163. The summed E-state index contributed by atoms with van der Waals surface area (Å²) < 4.78 is 0. The van der Waals surface area contributed by atoms with Crippen molar-refractivity contribution in [1.82, 2.24) is 5.32 Å². The molecule has 0 aliphatic heterocycles. The average molecular weight is 184 g/mol. The van der Waals surface area contributed by atoms with E-state index < -0.39 is 0 Å². The number of rotatable bonds is 6. The Morgan fingerprint density at radius 3 is 2.46 bits per heavy atom. The Labute approximate surface area is 80.8 Å². The van der Waals surface area contributed by atoms with Gasteiger partial charge in [0.25, 0.3) is 0 Å². The zero-order valence-electron chi connectivity index (χ0n) is 8.75. The van der Waals surface area contributed by atoms with Crippen molar-refractivity contribution in [3.8, 4) is 6.07 Å². The zero-order valence-corrected chi connectivity index (χ0v) is 8.75. The monoisotopic (exact) mass is 184 g/mol. The molecular formula is C10H20N2O. The van der Waals surface area contributed by atoms with Gasteiger partial charge >= 0.3 is 0 Å². The molecule has 0 spiro atoms. The summed E-state index contributed by atoms with van der Waals surface area (Å²) in [5, 5.41) is 21.0. The lowest BCUT2D eigenvalue weighted by molar-refractivity contribution is 0.167. The number of nitrogens with zero attached hydrogens (tertiary/aromatic N) is 1. The van der Waals surface area contributed by atoms with Gasteiger partial charge in [-0.2, -0.15) is 5.26 Å². The number of nitriles is 1. The predicted molar refractivity (Wildman–Crippen MR) is 53.2 cm³/mol. The molecule has 0 amide bonds. The van der Waals surface area contributed by atoms with Crippen LogP contribution < -0.4 is 5.32 Å². The second-order valence-corrected chi connectivity index (χ2v) is 3.62. The Morgan fingerprint density at radius 2 is 2.08 bits per heavy atom. The van der Waals surface area contributed by atoms with Crippen molar-refractivity contribution in [2.24, 2.45) is 0 Å². The third-order valence-corrected chi connectivity index (χ3v) is 2.05. The Balaban J connectivity index is 3.73. The van der Waals surface area contributed by atoms with E-state index in [0.717, 1.165) is 12.8 Å². The average Bonchev–Trinajstić information content (AvgIpc) is 2.02. The van der Waals surface area contributed by atoms with Gasteiger partial charge in [0.2, 0.25) is 0 Å². The molecular weight excluding hydrogens is 164 g/mol. The highest BCUT2D eigenvalue weighted by molar-refractivity contribution is 4.81. The van der Waals surface area contributed by atoms with Crippen LogP contribution in [0.1, 0.15) is 40.0 Å². The molecule has 0 bridgehead atoms.